The highest BCUT2D eigenvalue weighted by atomic mass is 79.9. The van der Waals surface area contributed by atoms with Crippen LogP contribution in [0.15, 0.2) is 0 Å². The Morgan fingerprint density at radius 1 is 1.31 bits per heavy atom. The van der Waals surface area contributed by atoms with Gasteiger partial charge in [0, 0.05) is 24.0 Å². The average molecular weight is 291 g/mol. The fraction of sp³-hybridized carbons (Fsp3) is 0.909. The highest BCUT2D eigenvalue weighted by molar-refractivity contribution is 9.09. The Labute approximate surface area is 105 Å². The Bertz CT molecular complexity index is 290. The van der Waals surface area contributed by atoms with Gasteiger partial charge in [-0.3, -0.25) is 0 Å². The van der Waals surface area contributed by atoms with Gasteiger partial charge in [-0.25, -0.2) is 14.8 Å². The number of hydrogen-bond acceptors (Lipinski definition) is 3. The fourth-order valence-electron chi connectivity index (χ4n) is 2.32. The Hall–Kier alpha value is -0.290. The van der Waals surface area contributed by atoms with Gasteiger partial charge in [-0.2, -0.15) is 0 Å². The Kier molecular flexibility index (Phi) is 3.18. The van der Waals surface area contributed by atoms with Crippen LogP contribution >= 0.6 is 15.9 Å². The first kappa shape index (κ1) is 12.2. The quantitative estimate of drug-likeness (QED) is 0.642. The summed E-state index contributed by atoms with van der Waals surface area (Å²) in [5.41, 5.74) is -0.414. The van der Waals surface area contributed by atoms with Crippen molar-refractivity contribution in [1.29, 1.82) is 0 Å². The van der Waals surface area contributed by atoms with Crippen molar-refractivity contribution in [2.24, 2.45) is 0 Å². The van der Waals surface area contributed by atoms with Crippen molar-refractivity contribution in [3.05, 3.63) is 0 Å². The normalized spacial score (nSPS) is 30.6. The minimum absolute atomic E-state index is 0.211. The third-order valence-electron chi connectivity index (χ3n) is 2.99. The number of alkyl halides is 1. The van der Waals surface area contributed by atoms with E-state index >= 15 is 0 Å². The van der Waals surface area contributed by atoms with E-state index in [9.17, 15) is 4.79 Å². The summed E-state index contributed by atoms with van der Waals surface area (Å²) in [6.45, 7) is 7.42. The van der Waals surface area contributed by atoms with E-state index < -0.39 is 5.60 Å². The first-order valence-corrected chi connectivity index (χ1v) is 6.71. The van der Waals surface area contributed by atoms with Gasteiger partial charge in [0.2, 0.25) is 0 Å². The van der Waals surface area contributed by atoms with Crippen LogP contribution in [-0.2, 0) is 4.74 Å². The number of nitrogens with zero attached hydrogens (tertiary/aromatic N) is 2. The first-order chi connectivity index (χ1) is 7.38. The molecule has 2 fully saturated rings. The van der Waals surface area contributed by atoms with E-state index in [1.807, 2.05) is 20.8 Å². The summed E-state index contributed by atoms with van der Waals surface area (Å²) in [7, 11) is 0. The number of hydrogen-bond donors (Lipinski definition) is 0. The lowest BCUT2D eigenvalue weighted by Crippen LogP contribution is -2.45. The van der Waals surface area contributed by atoms with Gasteiger partial charge in [0.05, 0.1) is 0 Å². The summed E-state index contributed by atoms with van der Waals surface area (Å²) in [6.07, 6.45) is 1.93. The monoisotopic (exact) mass is 290 g/mol. The Morgan fingerprint density at radius 3 is 2.62 bits per heavy atom. The number of fused-ring (bicyclic) bond motifs is 1. The topological polar surface area (TPSA) is 32.8 Å². The maximum Gasteiger partial charge on any atom is 0.424 e. The van der Waals surface area contributed by atoms with E-state index in [4.69, 9.17) is 4.74 Å². The summed E-state index contributed by atoms with van der Waals surface area (Å²) in [5, 5.41) is 3.91. The fourth-order valence-corrected chi connectivity index (χ4v) is 3.07. The van der Waals surface area contributed by atoms with Gasteiger partial charge < -0.3 is 4.74 Å². The van der Waals surface area contributed by atoms with Gasteiger partial charge in [0.1, 0.15) is 5.60 Å². The van der Waals surface area contributed by atoms with Crippen LogP contribution < -0.4 is 0 Å². The molecule has 2 aliphatic rings. The molecule has 2 heterocycles. The van der Waals surface area contributed by atoms with E-state index in [1.165, 1.54) is 0 Å². The van der Waals surface area contributed by atoms with Crippen LogP contribution in [0.5, 0.6) is 0 Å². The molecule has 0 radical (unpaired) electrons. The zero-order valence-corrected chi connectivity index (χ0v) is 11.7. The summed E-state index contributed by atoms with van der Waals surface area (Å²) in [6, 6.07) is 0.465. The number of rotatable bonds is 0. The van der Waals surface area contributed by atoms with Crippen molar-refractivity contribution in [2.45, 2.75) is 50.1 Å². The second-order valence-corrected chi connectivity index (χ2v) is 6.60. The van der Waals surface area contributed by atoms with E-state index in [2.05, 4.69) is 20.9 Å². The lowest BCUT2D eigenvalue weighted by Gasteiger charge is -2.30. The number of ether oxygens (including phenoxy) is 1. The Morgan fingerprint density at radius 2 is 2.00 bits per heavy atom. The maximum absolute atomic E-state index is 12.0. The molecule has 0 spiro atoms. The molecule has 4 nitrogen and oxygen atoms in total. The third-order valence-corrected chi connectivity index (χ3v) is 4.05. The van der Waals surface area contributed by atoms with Crippen LogP contribution in [0.4, 0.5) is 4.79 Å². The molecule has 0 aromatic carbocycles. The van der Waals surface area contributed by atoms with Gasteiger partial charge in [-0.05, 0) is 33.6 Å². The minimum atomic E-state index is -0.414. The lowest BCUT2D eigenvalue weighted by atomic mass is 10.2. The van der Waals surface area contributed by atoms with Crippen molar-refractivity contribution < 1.29 is 9.53 Å². The molecule has 5 heteroatoms. The average Bonchev–Trinajstić information content (AvgIpc) is 2.66. The highest BCUT2D eigenvalue weighted by Gasteiger charge is 2.43. The molecule has 0 N–H and O–H groups in total. The molecule has 0 bridgehead atoms. The molecule has 2 saturated heterocycles. The molecule has 2 atom stereocenters. The first-order valence-electron chi connectivity index (χ1n) is 5.79. The van der Waals surface area contributed by atoms with Crippen molar-refractivity contribution in [3.8, 4) is 0 Å². The van der Waals surface area contributed by atoms with Crippen LogP contribution in [0.3, 0.4) is 0 Å². The number of carbonyl (C=O) groups is 1. The SMILES string of the molecule is CC(C)(C)OC(=O)N1CCC2C(Br)CCN21. The van der Waals surface area contributed by atoms with Gasteiger partial charge in [-0.15, -0.1) is 0 Å². The zero-order chi connectivity index (χ0) is 11.9. The van der Waals surface area contributed by atoms with Gasteiger partial charge in [0.15, 0.2) is 0 Å². The zero-order valence-electron chi connectivity index (χ0n) is 10.1. The lowest BCUT2D eigenvalue weighted by molar-refractivity contribution is -0.0276. The second-order valence-electron chi connectivity index (χ2n) is 5.43. The number of amides is 1. The number of hydrazine groups is 1. The molecule has 2 unspecified atom stereocenters. The van der Waals surface area contributed by atoms with Crippen molar-refractivity contribution in [3.63, 3.8) is 0 Å². The second kappa shape index (κ2) is 4.18. The van der Waals surface area contributed by atoms with E-state index in [1.54, 1.807) is 5.01 Å². The summed E-state index contributed by atoms with van der Waals surface area (Å²) in [5.74, 6) is 0. The van der Waals surface area contributed by atoms with Crippen LogP contribution in [0.25, 0.3) is 0 Å². The molecule has 2 rings (SSSR count). The number of carbonyl (C=O) groups excluding carboxylic acids is 1. The van der Waals surface area contributed by atoms with Crippen molar-refractivity contribution in [2.75, 3.05) is 13.1 Å². The predicted molar refractivity (Wildman–Crippen MR) is 65.4 cm³/mol. The molecule has 0 saturated carbocycles. The standard InChI is InChI=1S/C11H19BrN2O2/c1-11(2,3)16-10(15)14-7-5-9-8(12)4-6-13(9)14/h8-9H,4-7H2,1-3H3. The highest BCUT2D eigenvalue weighted by Crippen LogP contribution is 2.33. The molecule has 1 amide bonds. The molecule has 0 aromatic heterocycles. The van der Waals surface area contributed by atoms with Crippen LogP contribution in [-0.4, -0.2) is 45.7 Å². The molecule has 0 aromatic rings. The molecule has 2 aliphatic heterocycles. The minimum Gasteiger partial charge on any atom is -0.443 e. The molecule has 0 aliphatic carbocycles. The van der Waals surface area contributed by atoms with Crippen LogP contribution in [0, 0.1) is 0 Å². The summed E-state index contributed by atoms with van der Waals surface area (Å²) < 4.78 is 5.40. The molecule has 16 heavy (non-hydrogen) atoms. The van der Waals surface area contributed by atoms with Gasteiger partial charge in [-0.1, -0.05) is 15.9 Å². The van der Waals surface area contributed by atoms with Crippen LogP contribution in [0.1, 0.15) is 33.6 Å². The van der Waals surface area contributed by atoms with Gasteiger partial charge in [0.25, 0.3) is 0 Å². The van der Waals surface area contributed by atoms with Crippen molar-refractivity contribution in [1.82, 2.24) is 10.0 Å². The summed E-state index contributed by atoms with van der Waals surface area (Å²) >= 11 is 3.66. The smallest absolute Gasteiger partial charge is 0.424 e. The van der Waals surface area contributed by atoms with E-state index in [0.29, 0.717) is 10.9 Å². The van der Waals surface area contributed by atoms with E-state index in [0.717, 1.165) is 25.9 Å². The molecule has 92 valence electrons. The van der Waals surface area contributed by atoms with Crippen LogP contribution in [0.2, 0.25) is 0 Å². The number of halogens is 1. The van der Waals surface area contributed by atoms with Crippen molar-refractivity contribution >= 4 is 22.0 Å². The summed E-state index contributed by atoms with van der Waals surface area (Å²) in [4.78, 5) is 12.5. The predicted octanol–water partition coefficient (Wildman–Crippen LogP) is 2.38. The van der Waals surface area contributed by atoms with E-state index in [-0.39, 0.29) is 6.09 Å². The molecular weight excluding hydrogens is 272 g/mol. The largest absolute Gasteiger partial charge is 0.443 e. The molecular formula is C11H19BrN2O2. The maximum atomic E-state index is 12.0. The third kappa shape index (κ3) is 2.35. The van der Waals surface area contributed by atoms with Gasteiger partial charge >= 0.3 is 6.09 Å². The Balaban J connectivity index is 1.99.